The second-order valence-corrected chi connectivity index (χ2v) is 4.42. The highest BCUT2D eigenvalue weighted by Gasteiger charge is 2.36. The molecule has 86 valence electrons. The van der Waals surface area contributed by atoms with E-state index in [1.54, 1.807) is 4.90 Å². The number of rotatable bonds is 3. The lowest BCUT2D eigenvalue weighted by Gasteiger charge is -2.24. The summed E-state index contributed by atoms with van der Waals surface area (Å²) in [5.74, 6) is -0.363. The first-order chi connectivity index (χ1) is 7.11. The van der Waals surface area contributed by atoms with Crippen molar-refractivity contribution >= 4 is 27.8 Å². The largest absolute Gasteiger partial charge is 0.467 e. The molecule has 1 unspecified atom stereocenters. The van der Waals surface area contributed by atoms with Gasteiger partial charge in [-0.15, -0.1) is 0 Å². The van der Waals surface area contributed by atoms with Crippen LogP contribution in [-0.2, 0) is 14.3 Å². The second kappa shape index (κ2) is 5.49. The van der Waals surface area contributed by atoms with Crippen molar-refractivity contribution in [2.45, 2.75) is 25.8 Å². The lowest BCUT2D eigenvalue weighted by atomic mass is 10.1. The summed E-state index contributed by atoms with van der Waals surface area (Å²) < 4.78 is 4.68. The molecule has 1 aliphatic heterocycles. The number of ether oxygens (including phenoxy) is 1. The summed E-state index contributed by atoms with van der Waals surface area (Å²) in [5.41, 5.74) is 0. The van der Waals surface area contributed by atoms with Crippen molar-refractivity contribution < 1.29 is 14.3 Å². The summed E-state index contributed by atoms with van der Waals surface area (Å²) in [4.78, 5) is 24.9. The maximum Gasteiger partial charge on any atom is 0.328 e. The minimum absolute atomic E-state index is 0.0276. The molecule has 0 saturated carbocycles. The molecule has 0 spiro atoms. The van der Waals surface area contributed by atoms with Crippen LogP contribution in [0.25, 0.3) is 0 Å². The minimum Gasteiger partial charge on any atom is -0.467 e. The number of alkyl halides is 1. The Bertz CT molecular complexity index is 257. The minimum atomic E-state index is -0.371. The SMILES string of the molecule is COC(=O)[C@H]1CCCN1C(=O)C(C)CBr. The predicted octanol–water partition coefficient (Wildman–Crippen LogP) is 1.18. The standard InChI is InChI=1S/C10H16BrNO3/c1-7(6-11)9(13)12-5-3-4-8(12)10(14)15-2/h7-8H,3-6H2,1-2H3/t7?,8-/m1/s1. The van der Waals surface area contributed by atoms with Gasteiger partial charge in [0.25, 0.3) is 0 Å². The van der Waals surface area contributed by atoms with Gasteiger partial charge < -0.3 is 9.64 Å². The van der Waals surface area contributed by atoms with Gasteiger partial charge in [0.15, 0.2) is 0 Å². The topological polar surface area (TPSA) is 46.6 Å². The summed E-state index contributed by atoms with van der Waals surface area (Å²) in [6, 6.07) is -0.371. The van der Waals surface area contributed by atoms with Gasteiger partial charge in [-0.2, -0.15) is 0 Å². The van der Waals surface area contributed by atoms with Crippen molar-refractivity contribution in [3.05, 3.63) is 0 Å². The van der Waals surface area contributed by atoms with Crippen LogP contribution < -0.4 is 0 Å². The molecule has 1 aliphatic rings. The van der Waals surface area contributed by atoms with Crippen LogP contribution in [0, 0.1) is 5.92 Å². The van der Waals surface area contributed by atoms with E-state index in [0.29, 0.717) is 18.3 Å². The fourth-order valence-corrected chi connectivity index (χ4v) is 2.04. The van der Waals surface area contributed by atoms with E-state index in [0.717, 1.165) is 6.42 Å². The fraction of sp³-hybridized carbons (Fsp3) is 0.800. The number of carbonyl (C=O) groups excluding carboxylic acids is 2. The predicted molar refractivity (Wildman–Crippen MR) is 59.7 cm³/mol. The molecule has 0 N–H and O–H groups in total. The zero-order valence-electron chi connectivity index (χ0n) is 9.03. The van der Waals surface area contributed by atoms with Gasteiger partial charge in [-0.05, 0) is 12.8 Å². The number of nitrogens with zero attached hydrogens (tertiary/aromatic N) is 1. The third-order valence-electron chi connectivity index (χ3n) is 2.66. The smallest absolute Gasteiger partial charge is 0.328 e. The van der Waals surface area contributed by atoms with Crippen LogP contribution in [0.2, 0.25) is 0 Å². The van der Waals surface area contributed by atoms with E-state index in [1.807, 2.05) is 6.92 Å². The normalized spacial score (nSPS) is 22.6. The Morgan fingerprint density at radius 1 is 1.60 bits per heavy atom. The number of esters is 1. The van der Waals surface area contributed by atoms with E-state index < -0.39 is 0 Å². The Kier molecular flexibility index (Phi) is 4.57. The first-order valence-electron chi connectivity index (χ1n) is 5.06. The first-order valence-corrected chi connectivity index (χ1v) is 6.18. The van der Waals surface area contributed by atoms with Crippen LogP contribution in [0.1, 0.15) is 19.8 Å². The van der Waals surface area contributed by atoms with E-state index in [2.05, 4.69) is 20.7 Å². The van der Waals surface area contributed by atoms with Gasteiger partial charge in [0, 0.05) is 17.8 Å². The van der Waals surface area contributed by atoms with Gasteiger partial charge in [-0.3, -0.25) is 4.79 Å². The third-order valence-corrected chi connectivity index (χ3v) is 3.63. The first kappa shape index (κ1) is 12.5. The highest BCUT2D eigenvalue weighted by molar-refractivity contribution is 9.09. The van der Waals surface area contributed by atoms with E-state index in [4.69, 9.17) is 0 Å². The molecule has 1 amide bonds. The molecule has 0 aromatic carbocycles. The molecule has 1 heterocycles. The average molecular weight is 278 g/mol. The van der Waals surface area contributed by atoms with Crippen LogP contribution in [0.15, 0.2) is 0 Å². The maximum absolute atomic E-state index is 11.9. The molecule has 0 aromatic rings. The number of amides is 1. The van der Waals surface area contributed by atoms with Gasteiger partial charge in [0.05, 0.1) is 7.11 Å². The van der Waals surface area contributed by atoms with E-state index in [9.17, 15) is 9.59 Å². The molecular weight excluding hydrogens is 262 g/mol. The van der Waals surface area contributed by atoms with Gasteiger partial charge in [-0.25, -0.2) is 4.79 Å². The summed E-state index contributed by atoms with van der Waals surface area (Å²) in [6.07, 6.45) is 1.59. The lowest BCUT2D eigenvalue weighted by Crippen LogP contribution is -2.43. The molecule has 0 bridgehead atoms. The number of hydrogen-bond acceptors (Lipinski definition) is 3. The van der Waals surface area contributed by atoms with Crippen LogP contribution in [0.3, 0.4) is 0 Å². The summed E-state index contributed by atoms with van der Waals surface area (Å²) in [7, 11) is 1.36. The Labute approximate surface area is 98.1 Å². The molecular formula is C10H16BrNO3. The van der Waals surface area contributed by atoms with Gasteiger partial charge >= 0.3 is 5.97 Å². The van der Waals surface area contributed by atoms with Gasteiger partial charge in [0.2, 0.25) is 5.91 Å². The summed E-state index contributed by atoms with van der Waals surface area (Å²) in [6.45, 7) is 2.51. The fourth-order valence-electron chi connectivity index (χ4n) is 1.76. The van der Waals surface area contributed by atoms with Crippen molar-refractivity contribution in [2.75, 3.05) is 19.0 Å². The Balaban J connectivity index is 2.68. The quantitative estimate of drug-likeness (QED) is 0.575. The highest BCUT2D eigenvalue weighted by Crippen LogP contribution is 2.21. The molecule has 5 heteroatoms. The lowest BCUT2D eigenvalue weighted by molar-refractivity contribution is -0.151. The van der Waals surface area contributed by atoms with Crippen molar-refractivity contribution in [2.24, 2.45) is 5.92 Å². The van der Waals surface area contributed by atoms with Crippen molar-refractivity contribution in [1.29, 1.82) is 0 Å². The highest BCUT2D eigenvalue weighted by atomic mass is 79.9. The number of likely N-dealkylation sites (tertiary alicyclic amines) is 1. The molecule has 1 fully saturated rings. The zero-order valence-corrected chi connectivity index (χ0v) is 10.6. The number of methoxy groups -OCH3 is 1. The summed E-state index contributed by atoms with van der Waals surface area (Å²) in [5, 5.41) is 0.621. The molecule has 0 aliphatic carbocycles. The molecule has 1 rings (SSSR count). The van der Waals surface area contributed by atoms with E-state index >= 15 is 0 Å². The average Bonchev–Trinajstić information content (AvgIpc) is 2.74. The van der Waals surface area contributed by atoms with Gasteiger partial charge in [-0.1, -0.05) is 22.9 Å². The van der Waals surface area contributed by atoms with Crippen LogP contribution in [0.5, 0.6) is 0 Å². The third kappa shape index (κ3) is 2.71. The monoisotopic (exact) mass is 277 g/mol. The molecule has 15 heavy (non-hydrogen) atoms. The number of halogens is 1. The van der Waals surface area contributed by atoms with E-state index in [1.165, 1.54) is 7.11 Å². The molecule has 1 saturated heterocycles. The zero-order chi connectivity index (χ0) is 11.4. The number of carbonyl (C=O) groups is 2. The molecule has 2 atom stereocenters. The Morgan fingerprint density at radius 2 is 2.27 bits per heavy atom. The van der Waals surface area contributed by atoms with E-state index in [-0.39, 0.29) is 23.8 Å². The van der Waals surface area contributed by atoms with Crippen molar-refractivity contribution in [1.82, 2.24) is 4.90 Å². The van der Waals surface area contributed by atoms with Gasteiger partial charge in [0.1, 0.15) is 6.04 Å². The molecule has 4 nitrogen and oxygen atoms in total. The van der Waals surface area contributed by atoms with Crippen molar-refractivity contribution in [3.63, 3.8) is 0 Å². The molecule has 0 aromatic heterocycles. The maximum atomic E-state index is 11.9. The second-order valence-electron chi connectivity index (χ2n) is 3.77. The Hall–Kier alpha value is -0.580. The van der Waals surface area contributed by atoms with Crippen LogP contribution in [0.4, 0.5) is 0 Å². The number of hydrogen-bond donors (Lipinski definition) is 0. The van der Waals surface area contributed by atoms with Crippen LogP contribution >= 0.6 is 15.9 Å². The Morgan fingerprint density at radius 3 is 2.80 bits per heavy atom. The molecule has 0 radical (unpaired) electrons. The summed E-state index contributed by atoms with van der Waals surface area (Å²) >= 11 is 3.27. The van der Waals surface area contributed by atoms with Crippen LogP contribution in [-0.4, -0.2) is 41.8 Å². The van der Waals surface area contributed by atoms with Crippen molar-refractivity contribution in [3.8, 4) is 0 Å².